The Kier molecular flexibility index (Phi) is 2.77. The van der Waals surface area contributed by atoms with E-state index in [1.807, 2.05) is 12.1 Å². The van der Waals surface area contributed by atoms with Crippen molar-refractivity contribution in [2.24, 2.45) is 5.92 Å². The number of hydrogen-bond donors (Lipinski definition) is 1. The van der Waals surface area contributed by atoms with E-state index in [1.165, 1.54) is 18.9 Å². The number of halogens is 1. The van der Waals surface area contributed by atoms with Crippen molar-refractivity contribution in [1.29, 1.82) is 0 Å². The second-order valence-corrected chi connectivity index (χ2v) is 5.20. The molecule has 1 N–H and O–H groups in total. The fourth-order valence-corrected chi connectivity index (χ4v) is 2.12. The predicted octanol–water partition coefficient (Wildman–Crippen LogP) is 2.15. The van der Waals surface area contributed by atoms with E-state index in [9.17, 15) is 4.39 Å². The van der Waals surface area contributed by atoms with Crippen molar-refractivity contribution in [3.63, 3.8) is 0 Å². The van der Waals surface area contributed by atoms with Gasteiger partial charge in [0.2, 0.25) is 5.82 Å². The summed E-state index contributed by atoms with van der Waals surface area (Å²) < 4.78 is 14.6. The fourth-order valence-electron chi connectivity index (χ4n) is 2.12. The van der Waals surface area contributed by atoms with Gasteiger partial charge in [-0.15, -0.1) is 15.3 Å². The largest absolute Gasteiger partial charge is 0.368 e. The van der Waals surface area contributed by atoms with Crippen LogP contribution < -0.4 is 5.32 Å². The van der Waals surface area contributed by atoms with Crippen LogP contribution in [0.15, 0.2) is 30.5 Å². The molecule has 7 heteroatoms. The predicted molar refractivity (Wildman–Crippen MR) is 75.2 cm³/mol. The average molecular weight is 284 g/mol. The maximum absolute atomic E-state index is 13.0. The van der Waals surface area contributed by atoms with Crippen LogP contribution in [0, 0.1) is 11.7 Å². The standard InChI is InChI=1S/C14H13FN6/c15-10-3-4-11(16-8-10)14-19-18-13-6-5-12(20-21(13)14)17-7-9-1-2-9/h3-6,8-9H,1-2,7H2,(H,17,20). The van der Waals surface area contributed by atoms with Crippen molar-refractivity contribution in [3.05, 3.63) is 36.3 Å². The van der Waals surface area contributed by atoms with Crippen molar-refractivity contribution in [2.45, 2.75) is 12.8 Å². The molecule has 3 aromatic heterocycles. The molecule has 1 saturated carbocycles. The molecule has 1 aliphatic carbocycles. The molecule has 1 fully saturated rings. The highest BCUT2D eigenvalue weighted by atomic mass is 19.1. The first kappa shape index (κ1) is 12.2. The summed E-state index contributed by atoms with van der Waals surface area (Å²) in [6.45, 7) is 0.935. The van der Waals surface area contributed by atoms with Crippen LogP contribution in [0.5, 0.6) is 0 Å². The van der Waals surface area contributed by atoms with Gasteiger partial charge in [-0.1, -0.05) is 0 Å². The van der Waals surface area contributed by atoms with Crippen molar-refractivity contribution in [3.8, 4) is 11.5 Å². The average Bonchev–Trinajstić information content (AvgIpc) is 3.25. The van der Waals surface area contributed by atoms with Crippen LogP contribution in [-0.2, 0) is 0 Å². The third-order valence-electron chi connectivity index (χ3n) is 3.49. The first-order valence-corrected chi connectivity index (χ1v) is 6.88. The molecule has 6 nitrogen and oxygen atoms in total. The topological polar surface area (TPSA) is 68.0 Å². The van der Waals surface area contributed by atoms with Gasteiger partial charge in [0.25, 0.3) is 0 Å². The Bertz CT molecular complexity index is 778. The Morgan fingerprint density at radius 1 is 1.19 bits per heavy atom. The third-order valence-corrected chi connectivity index (χ3v) is 3.49. The number of hydrogen-bond acceptors (Lipinski definition) is 5. The van der Waals surface area contributed by atoms with E-state index in [4.69, 9.17) is 0 Å². The molecular formula is C14H13FN6. The van der Waals surface area contributed by atoms with E-state index in [2.05, 4.69) is 25.6 Å². The lowest BCUT2D eigenvalue weighted by Gasteiger charge is -2.05. The molecule has 4 rings (SSSR count). The fraction of sp³-hybridized carbons (Fsp3) is 0.286. The summed E-state index contributed by atoms with van der Waals surface area (Å²) in [5, 5.41) is 15.9. The highest BCUT2D eigenvalue weighted by Gasteiger charge is 2.21. The quantitative estimate of drug-likeness (QED) is 0.795. The molecule has 3 heterocycles. The zero-order valence-electron chi connectivity index (χ0n) is 11.2. The normalized spacial score (nSPS) is 14.5. The molecule has 0 unspecified atom stereocenters. The summed E-state index contributed by atoms with van der Waals surface area (Å²) in [4.78, 5) is 4.03. The molecule has 0 amide bonds. The van der Waals surface area contributed by atoms with Gasteiger partial charge < -0.3 is 5.32 Å². The van der Waals surface area contributed by atoms with Crippen molar-refractivity contribution in [1.82, 2.24) is 24.8 Å². The maximum Gasteiger partial charge on any atom is 0.203 e. The van der Waals surface area contributed by atoms with E-state index in [1.54, 1.807) is 10.6 Å². The van der Waals surface area contributed by atoms with Gasteiger partial charge >= 0.3 is 0 Å². The summed E-state index contributed by atoms with van der Waals surface area (Å²) in [6.07, 6.45) is 3.73. The molecule has 0 atom stereocenters. The van der Waals surface area contributed by atoms with Crippen LogP contribution in [0.25, 0.3) is 17.2 Å². The second-order valence-electron chi connectivity index (χ2n) is 5.20. The lowest BCUT2D eigenvalue weighted by molar-refractivity contribution is 0.621. The Hall–Kier alpha value is -2.57. The van der Waals surface area contributed by atoms with Gasteiger partial charge in [-0.25, -0.2) is 9.37 Å². The zero-order valence-corrected chi connectivity index (χ0v) is 11.2. The van der Waals surface area contributed by atoms with E-state index >= 15 is 0 Å². The highest BCUT2D eigenvalue weighted by molar-refractivity contribution is 5.55. The SMILES string of the molecule is Fc1ccc(-c2nnc3ccc(NCC4CC4)nn23)nc1. The maximum atomic E-state index is 13.0. The Balaban J connectivity index is 1.70. The summed E-state index contributed by atoms with van der Waals surface area (Å²) in [7, 11) is 0. The monoisotopic (exact) mass is 284 g/mol. The lowest BCUT2D eigenvalue weighted by atomic mass is 10.3. The van der Waals surface area contributed by atoms with E-state index in [0.29, 0.717) is 17.2 Å². The van der Waals surface area contributed by atoms with Crippen LogP contribution in [0.2, 0.25) is 0 Å². The Labute approximate surface area is 120 Å². The molecule has 0 aliphatic heterocycles. The highest BCUT2D eigenvalue weighted by Crippen LogP contribution is 2.28. The van der Waals surface area contributed by atoms with Gasteiger partial charge in [-0.05, 0) is 43.0 Å². The first-order chi connectivity index (χ1) is 10.3. The Morgan fingerprint density at radius 3 is 2.86 bits per heavy atom. The van der Waals surface area contributed by atoms with E-state index in [-0.39, 0.29) is 5.82 Å². The van der Waals surface area contributed by atoms with Gasteiger partial charge in [-0.3, -0.25) is 0 Å². The van der Waals surface area contributed by atoms with E-state index < -0.39 is 0 Å². The van der Waals surface area contributed by atoms with E-state index in [0.717, 1.165) is 24.5 Å². The minimum absolute atomic E-state index is 0.382. The summed E-state index contributed by atoms with van der Waals surface area (Å²) in [6, 6.07) is 6.65. The van der Waals surface area contributed by atoms with Gasteiger partial charge in [0.05, 0.1) is 6.20 Å². The summed E-state index contributed by atoms with van der Waals surface area (Å²) >= 11 is 0. The van der Waals surface area contributed by atoms with Gasteiger partial charge in [0.15, 0.2) is 5.65 Å². The zero-order chi connectivity index (χ0) is 14.2. The van der Waals surface area contributed by atoms with Gasteiger partial charge in [-0.2, -0.15) is 4.52 Å². The lowest BCUT2D eigenvalue weighted by Crippen LogP contribution is -2.07. The minimum atomic E-state index is -0.382. The molecular weight excluding hydrogens is 271 g/mol. The second kappa shape index (κ2) is 4.76. The van der Waals surface area contributed by atoms with Crippen LogP contribution in [0.1, 0.15) is 12.8 Å². The Morgan fingerprint density at radius 2 is 2.10 bits per heavy atom. The molecule has 0 aromatic carbocycles. The molecule has 21 heavy (non-hydrogen) atoms. The van der Waals surface area contributed by atoms with Crippen LogP contribution >= 0.6 is 0 Å². The van der Waals surface area contributed by atoms with Crippen LogP contribution in [-0.4, -0.2) is 31.3 Å². The molecule has 3 aromatic rings. The number of fused-ring (bicyclic) bond motifs is 1. The van der Waals surface area contributed by atoms with Crippen LogP contribution in [0.3, 0.4) is 0 Å². The number of anilines is 1. The number of nitrogens with one attached hydrogen (secondary N) is 1. The van der Waals surface area contributed by atoms with Crippen molar-refractivity contribution < 1.29 is 4.39 Å². The number of aromatic nitrogens is 5. The number of nitrogens with zero attached hydrogens (tertiary/aromatic N) is 5. The summed E-state index contributed by atoms with van der Waals surface area (Å²) in [5.74, 6) is 1.66. The third kappa shape index (κ3) is 2.42. The van der Waals surface area contributed by atoms with Crippen LogP contribution in [0.4, 0.5) is 10.2 Å². The smallest absolute Gasteiger partial charge is 0.203 e. The molecule has 1 aliphatic rings. The minimum Gasteiger partial charge on any atom is -0.368 e. The number of rotatable bonds is 4. The first-order valence-electron chi connectivity index (χ1n) is 6.88. The molecule has 106 valence electrons. The molecule has 0 radical (unpaired) electrons. The van der Waals surface area contributed by atoms with Crippen molar-refractivity contribution in [2.75, 3.05) is 11.9 Å². The van der Waals surface area contributed by atoms with Gasteiger partial charge in [0, 0.05) is 6.54 Å². The van der Waals surface area contributed by atoms with Crippen molar-refractivity contribution >= 4 is 11.5 Å². The molecule has 0 saturated heterocycles. The molecule has 0 bridgehead atoms. The summed E-state index contributed by atoms with van der Waals surface area (Å²) in [5.41, 5.74) is 1.17. The molecule has 0 spiro atoms. The number of pyridine rings is 1. The van der Waals surface area contributed by atoms with Gasteiger partial charge in [0.1, 0.15) is 17.3 Å².